The van der Waals surface area contributed by atoms with Gasteiger partial charge < -0.3 is 5.73 Å². The fourth-order valence-corrected chi connectivity index (χ4v) is 3.12. The van der Waals surface area contributed by atoms with Crippen LogP contribution in [0.4, 0.5) is 10.1 Å². The standard InChI is InChI=1S/C10H9BrFN5O2S/c1-20(18,19)9-3-6(12)7(2-5(9)11)16-17-8(4-13)10(14)15/h2-3,16H,1H3,(H3,14,15)/b17-8+. The lowest BCUT2D eigenvalue weighted by Crippen LogP contribution is -2.22. The Morgan fingerprint density at radius 3 is 2.65 bits per heavy atom. The zero-order valence-electron chi connectivity index (χ0n) is 10.1. The first kappa shape index (κ1) is 16.1. The van der Waals surface area contributed by atoms with Crippen LogP contribution in [0.1, 0.15) is 0 Å². The fourth-order valence-electron chi connectivity index (χ4n) is 1.16. The molecule has 0 radical (unpaired) electrons. The van der Waals surface area contributed by atoms with Gasteiger partial charge in [-0.25, -0.2) is 12.8 Å². The number of hydrogen-bond donors (Lipinski definition) is 3. The van der Waals surface area contributed by atoms with E-state index in [1.807, 2.05) is 0 Å². The van der Waals surface area contributed by atoms with Gasteiger partial charge in [-0.2, -0.15) is 10.4 Å². The van der Waals surface area contributed by atoms with Crippen LogP contribution in [0.15, 0.2) is 26.6 Å². The molecule has 0 amide bonds. The van der Waals surface area contributed by atoms with Gasteiger partial charge in [0.15, 0.2) is 15.7 Å². The fraction of sp³-hybridized carbons (Fsp3) is 0.100. The maximum atomic E-state index is 13.7. The van der Waals surface area contributed by atoms with E-state index in [9.17, 15) is 12.8 Å². The Balaban J connectivity index is 3.22. The highest BCUT2D eigenvalue weighted by molar-refractivity contribution is 9.10. The van der Waals surface area contributed by atoms with Crippen LogP contribution in [0.3, 0.4) is 0 Å². The van der Waals surface area contributed by atoms with Gasteiger partial charge in [-0.05, 0) is 28.1 Å². The van der Waals surface area contributed by atoms with Crippen molar-refractivity contribution in [2.24, 2.45) is 10.8 Å². The Morgan fingerprint density at radius 2 is 2.20 bits per heavy atom. The number of hydrazone groups is 1. The first-order valence-corrected chi connectivity index (χ1v) is 7.62. The number of nitrogens with zero attached hydrogens (tertiary/aromatic N) is 2. The molecule has 0 aliphatic heterocycles. The largest absolute Gasteiger partial charge is 0.382 e. The van der Waals surface area contributed by atoms with Crippen LogP contribution in [-0.2, 0) is 9.84 Å². The van der Waals surface area contributed by atoms with Crippen LogP contribution in [0.5, 0.6) is 0 Å². The molecule has 0 aliphatic rings. The number of nitriles is 1. The SMILES string of the molecule is CS(=O)(=O)c1cc(F)c(N/N=C(\C#N)C(=N)N)cc1Br. The molecule has 0 heterocycles. The number of anilines is 1. The van der Waals surface area contributed by atoms with Gasteiger partial charge in [0.25, 0.3) is 0 Å². The van der Waals surface area contributed by atoms with E-state index >= 15 is 0 Å². The molecule has 106 valence electrons. The minimum Gasteiger partial charge on any atom is -0.382 e. The van der Waals surface area contributed by atoms with Crippen LogP contribution >= 0.6 is 15.9 Å². The molecule has 0 aliphatic carbocycles. The van der Waals surface area contributed by atoms with E-state index in [-0.39, 0.29) is 15.1 Å². The highest BCUT2D eigenvalue weighted by atomic mass is 79.9. The molecule has 7 nitrogen and oxygen atoms in total. The Morgan fingerprint density at radius 1 is 1.60 bits per heavy atom. The molecule has 1 aromatic rings. The summed E-state index contributed by atoms with van der Waals surface area (Å²) in [4.78, 5) is -0.211. The zero-order chi connectivity index (χ0) is 15.5. The number of halogens is 2. The molecule has 0 unspecified atom stereocenters. The average molecular weight is 362 g/mol. The Kier molecular flexibility index (Phi) is 4.80. The minimum atomic E-state index is -3.58. The van der Waals surface area contributed by atoms with E-state index in [1.165, 1.54) is 0 Å². The van der Waals surface area contributed by atoms with E-state index in [4.69, 9.17) is 16.4 Å². The van der Waals surface area contributed by atoms with E-state index in [0.29, 0.717) is 0 Å². The van der Waals surface area contributed by atoms with E-state index < -0.39 is 27.2 Å². The number of sulfone groups is 1. The molecule has 0 fully saturated rings. The normalized spacial score (nSPS) is 11.8. The predicted molar refractivity (Wildman–Crippen MR) is 75.8 cm³/mol. The van der Waals surface area contributed by atoms with Gasteiger partial charge in [0.2, 0.25) is 5.71 Å². The van der Waals surface area contributed by atoms with Gasteiger partial charge in [0.1, 0.15) is 11.9 Å². The van der Waals surface area contributed by atoms with Crippen molar-refractivity contribution < 1.29 is 12.8 Å². The third-order valence-electron chi connectivity index (χ3n) is 2.07. The molecular formula is C10H9BrFN5O2S. The lowest BCUT2D eigenvalue weighted by Gasteiger charge is -2.07. The molecule has 0 spiro atoms. The summed E-state index contributed by atoms with van der Waals surface area (Å²) in [6, 6.07) is 3.52. The predicted octanol–water partition coefficient (Wildman–Crippen LogP) is 1.22. The summed E-state index contributed by atoms with van der Waals surface area (Å²) in [5.74, 6) is -1.45. The molecule has 1 aromatic carbocycles. The summed E-state index contributed by atoms with van der Waals surface area (Å²) >= 11 is 3.00. The highest BCUT2D eigenvalue weighted by Crippen LogP contribution is 2.28. The lowest BCUT2D eigenvalue weighted by molar-refractivity contribution is 0.595. The van der Waals surface area contributed by atoms with Crippen molar-refractivity contribution in [2.75, 3.05) is 11.7 Å². The first-order chi connectivity index (χ1) is 9.16. The van der Waals surface area contributed by atoms with Gasteiger partial charge >= 0.3 is 0 Å². The highest BCUT2D eigenvalue weighted by Gasteiger charge is 2.16. The molecular weight excluding hydrogens is 353 g/mol. The molecule has 0 saturated carbocycles. The van der Waals surface area contributed by atoms with Crippen LogP contribution < -0.4 is 11.2 Å². The van der Waals surface area contributed by atoms with Crippen molar-refractivity contribution >= 4 is 43.0 Å². The van der Waals surface area contributed by atoms with Crippen molar-refractivity contribution in [2.45, 2.75) is 4.90 Å². The summed E-state index contributed by atoms with van der Waals surface area (Å²) in [5, 5.41) is 19.1. The van der Waals surface area contributed by atoms with Crippen molar-refractivity contribution in [3.8, 4) is 6.07 Å². The van der Waals surface area contributed by atoms with Gasteiger partial charge in [-0.3, -0.25) is 10.8 Å². The summed E-state index contributed by atoms with van der Waals surface area (Å²) < 4.78 is 36.6. The van der Waals surface area contributed by atoms with Gasteiger partial charge in [0.05, 0.1) is 10.6 Å². The number of nitrogens with two attached hydrogens (primary N) is 1. The smallest absolute Gasteiger partial charge is 0.201 e. The third kappa shape index (κ3) is 3.75. The Labute approximate surface area is 122 Å². The molecule has 4 N–H and O–H groups in total. The molecule has 0 aromatic heterocycles. The molecule has 0 atom stereocenters. The van der Waals surface area contributed by atoms with Crippen molar-refractivity contribution in [3.63, 3.8) is 0 Å². The maximum absolute atomic E-state index is 13.7. The Hall–Kier alpha value is -1.99. The van der Waals surface area contributed by atoms with Crippen LogP contribution in [0, 0.1) is 22.6 Å². The van der Waals surface area contributed by atoms with Crippen molar-refractivity contribution in [1.82, 2.24) is 0 Å². The summed E-state index contributed by atoms with van der Waals surface area (Å²) in [6.45, 7) is 0. The number of rotatable bonds is 4. The number of hydrogen-bond acceptors (Lipinski definition) is 6. The van der Waals surface area contributed by atoms with Crippen molar-refractivity contribution in [1.29, 1.82) is 10.7 Å². The van der Waals surface area contributed by atoms with Gasteiger partial charge in [0, 0.05) is 10.7 Å². The monoisotopic (exact) mass is 361 g/mol. The summed E-state index contributed by atoms with van der Waals surface area (Å²) in [6.07, 6.45) is 0.946. The third-order valence-corrected chi connectivity index (χ3v) is 4.13. The second kappa shape index (κ2) is 5.98. The van der Waals surface area contributed by atoms with Crippen LogP contribution in [0.2, 0.25) is 0 Å². The molecule has 10 heteroatoms. The van der Waals surface area contributed by atoms with E-state index in [0.717, 1.165) is 18.4 Å². The summed E-state index contributed by atoms with van der Waals surface area (Å²) in [5.41, 5.74) is 6.69. The quantitative estimate of drug-likeness (QED) is 0.421. The molecule has 20 heavy (non-hydrogen) atoms. The van der Waals surface area contributed by atoms with Gasteiger partial charge in [-0.1, -0.05) is 0 Å². The topological polar surface area (TPSA) is 132 Å². The molecule has 1 rings (SSSR count). The average Bonchev–Trinajstić information content (AvgIpc) is 2.31. The first-order valence-electron chi connectivity index (χ1n) is 4.94. The zero-order valence-corrected chi connectivity index (χ0v) is 12.5. The Bertz CT molecular complexity index is 739. The molecule has 0 saturated heterocycles. The van der Waals surface area contributed by atoms with Crippen molar-refractivity contribution in [3.05, 3.63) is 22.4 Å². The van der Waals surface area contributed by atoms with Gasteiger partial charge in [-0.15, -0.1) is 0 Å². The lowest BCUT2D eigenvalue weighted by atomic mass is 10.3. The summed E-state index contributed by atoms with van der Waals surface area (Å²) in [7, 11) is -3.58. The van der Waals surface area contributed by atoms with E-state index in [2.05, 4.69) is 26.5 Å². The molecule has 0 bridgehead atoms. The number of nitrogens with one attached hydrogen (secondary N) is 2. The minimum absolute atomic E-state index is 0.139. The second-order valence-corrected chi connectivity index (χ2v) is 6.47. The van der Waals surface area contributed by atoms with Crippen LogP contribution in [-0.4, -0.2) is 26.2 Å². The number of amidine groups is 1. The van der Waals surface area contributed by atoms with Crippen LogP contribution in [0.25, 0.3) is 0 Å². The maximum Gasteiger partial charge on any atom is 0.201 e. The van der Waals surface area contributed by atoms with E-state index in [1.54, 1.807) is 6.07 Å². The number of benzene rings is 1. The second-order valence-electron chi connectivity index (χ2n) is 3.63.